The first-order valence-corrected chi connectivity index (χ1v) is 11.7. The number of thiocarbonyl (C=S) groups is 2. The lowest BCUT2D eigenvalue weighted by atomic mass is 10.2. The summed E-state index contributed by atoms with van der Waals surface area (Å²) in [6.45, 7) is 7.03. The summed E-state index contributed by atoms with van der Waals surface area (Å²) in [5.74, 6) is 1.56. The quantitative estimate of drug-likeness (QED) is 0.450. The molecule has 8 heteroatoms. The van der Waals surface area contributed by atoms with E-state index < -0.39 is 0 Å². The highest BCUT2D eigenvalue weighted by atomic mass is 32.1. The van der Waals surface area contributed by atoms with Crippen LogP contribution in [0.25, 0.3) is 0 Å². The number of hydrogen-bond acceptors (Lipinski definition) is 6. The fourth-order valence-electron chi connectivity index (χ4n) is 3.65. The van der Waals surface area contributed by atoms with Crippen LogP contribution < -0.4 is 9.47 Å². The van der Waals surface area contributed by atoms with Gasteiger partial charge in [0.2, 0.25) is 0 Å². The maximum absolute atomic E-state index is 5.90. The standard InChI is InChI=1S/C24H28N2O4S2/c31-23(25-7-11-27-12-8-25)19-3-1-5-21(17-19)29-15-16-30-22-6-2-4-20(18-22)24(32)26-9-13-28-14-10-26/h1-6,17-18H,7-16H2. The first kappa shape index (κ1) is 22.9. The zero-order valence-corrected chi connectivity index (χ0v) is 19.7. The van der Waals surface area contributed by atoms with Crippen molar-refractivity contribution in [2.45, 2.75) is 0 Å². The van der Waals surface area contributed by atoms with E-state index in [4.69, 9.17) is 43.4 Å². The summed E-state index contributed by atoms with van der Waals surface area (Å²) < 4.78 is 22.6. The van der Waals surface area contributed by atoms with Crippen LogP contribution in [0.3, 0.4) is 0 Å². The molecule has 0 unspecified atom stereocenters. The van der Waals surface area contributed by atoms with Crippen molar-refractivity contribution in [2.75, 3.05) is 65.8 Å². The van der Waals surface area contributed by atoms with Gasteiger partial charge in [-0.05, 0) is 24.3 Å². The molecule has 2 saturated heterocycles. The summed E-state index contributed by atoms with van der Waals surface area (Å²) in [5, 5.41) is 0. The smallest absolute Gasteiger partial charge is 0.122 e. The van der Waals surface area contributed by atoms with Crippen molar-refractivity contribution in [3.63, 3.8) is 0 Å². The fraction of sp³-hybridized carbons (Fsp3) is 0.417. The van der Waals surface area contributed by atoms with Gasteiger partial charge in [-0.2, -0.15) is 0 Å². The largest absolute Gasteiger partial charge is 0.490 e. The average Bonchev–Trinajstić information content (AvgIpc) is 2.87. The first-order chi connectivity index (χ1) is 15.7. The molecule has 0 N–H and O–H groups in total. The molecule has 2 aliphatic rings. The molecule has 2 heterocycles. The summed E-state index contributed by atoms with van der Waals surface area (Å²) >= 11 is 11.3. The number of ether oxygens (including phenoxy) is 4. The van der Waals surface area contributed by atoms with E-state index >= 15 is 0 Å². The molecular formula is C24H28N2O4S2. The molecule has 0 saturated carbocycles. The fourth-order valence-corrected chi connectivity index (χ4v) is 4.27. The number of nitrogens with zero attached hydrogens (tertiary/aromatic N) is 2. The molecule has 4 rings (SSSR count). The summed E-state index contributed by atoms with van der Waals surface area (Å²) in [6, 6.07) is 15.8. The molecule has 0 bridgehead atoms. The minimum atomic E-state index is 0.436. The minimum Gasteiger partial charge on any atom is -0.490 e. The second kappa shape index (κ2) is 11.6. The average molecular weight is 473 g/mol. The van der Waals surface area contributed by atoms with Crippen LogP contribution in [0.2, 0.25) is 0 Å². The van der Waals surface area contributed by atoms with Crippen LogP contribution in [0.1, 0.15) is 11.1 Å². The van der Waals surface area contributed by atoms with Crippen molar-refractivity contribution in [2.24, 2.45) is 0 Å². The topological polar surface area (TPSA) is 43.4 Å². The SMILES string of the molecule is S=C(c1cccc(OCCOc2cccc(C(=S)N3CCOCC3)c2)c1)N1CCOCC1. The Kier molecular flexibility index (Phi) is 8.28. The Hall–Kier alpha value is -2.26. The van der Waals surface area contributed by atoms with Crippen LogP contribution in [-0.2, 0) is 9.47 Å². The summed E-state index contributed by atoms with van der Waals surface area (Å²) in [7, 11) is 0. The Morgan fingerprint density at radius 1 is 0.688 bits per heavy atom. The lowest BCUT2D eigenvalue weighted by Crippen LogP contribution is -2.40. The number of rotatable bonds is 7. The van der Waals surface area contributed by atoms with Gasteiger partial charge in [0.25, 0.3) is 0 Å². The molecule has 2 aromatic carbocycles. The lowest BCUT2D eigenvalue weighted by molar-refractivity contribution is 0.0692. The van der Waals surface area contributed by atoms with Gasteiger partial charge >= 0.3 is 0 Å². The van der Waals surface area contributed by atoms with Crippen molar-refractivity contribution < 1.29 is 18.9 Å². The zero-order chi connectivity index (χ0) is 22.2. The Labute approximate surface area is 200 Å². The van der Waals surface area contributed by atoms with Crippen LogP contribution in [0.4, 0.5) is 0 Å². The Balaban J connectivity index is 1.26. The molecule has 2 aliphatic heterocycles. The van der Waals surface area contributed by atoms with Gasteiger partial charge in [0.15, 0.2) is 0 Å². The molecule has 0 radical (unpaired) electrons. The molecule has 6 nitrogen and oxygen atoms in total. The second-order valence-corrected chi connectivity index (χ2v) is 8.34. The van der Waals surface area contributed by atoms with Crippen molar-refractivity contribution in [1.29, 1.82) is 0 Å². The third-order valence-corrected chi connectivity index (χ3v) is 6.37. The molecule has 0 atom stereocenters. The molecule has 0 aliphatic carbocycles. The van der Waals surface area contributed by atoms with E-state index in [0.717, 1.165) is 58.8 Å². The van der Waals surface area contributed by atoms with Gasteiger partial charge in [-0.15, -0.1) is 0 Å². The van der Waals surface area contributed by atoms with E-state index in [1.807, 2.05) is 48.5 Å². The van der Waals surface area contributed by atoms with Gasteiger partial charge in [-0.25, -0.2) is 0 Å². The minimum absolute atomic E-state index is 0.436. The maximum atomic E-state index is 5.90. The molecule has 0 aromatic heterocycles. The van der Waals surface area contributed by atoms with Crippen molar-refractivity contribution in [3.05, 3.63) is 59.7 Å². The first-order valence-electron chi connectivity index (χ1n) is 10.9. The summed E-state index contributed by atoms with van der Waals surface area (Å²) in [4.78, 5) is 6.02. The van der Waals surface area contributed by atoms with Gasteiger partial charge in [0, 0.05) is 37.3 Å². The predicted octanol–water partition coefficient (Wildman–Crippen LogP) is 3.16. The van der Waals surface area contributed by atoms with E-state index in [1.54, 1.807) is 0 Å². The predicted molar refractivity (Wildman–Crippen MR) is 132 cm³/mol. The molecule has 2 aromatic rings. The van der Waals surface area contributed by atoms with E-state index in [9.17, 15) is 0 Å². The highest BCUT2D eigenvalue weighted by molar-refractivity contribution is 7.80. The summed E-state index contributed by atoms with van der Waals surface area (Å²) in [6.07, 6.45) is 0. The van der Waals surface area contributed by atoms with Crippen LogP contribution >= 0.6 is 24.4 Å². The maximum Gasteiger partial charge on any atom is 0.122 e. The zero-order valence-electron chi connectivity index (χ0n) is 18.0. The third kappa shape index (κ3) is 6.16. The Morgan fingerprint density at radius 3 is 1.50 bits per heavy atom. The van der Waals surface area contributed by atoms with Crippen LogP contribution in [0.15, 0.2) is 48.5 Å². The molecule has 170 valence electrons. The molecule has 32 heavy (non-hydrogen) atoms. The highest BCUT2D eigenvalue weighted by Gasteiger charge is 2.16. The van der Waals surface area contributed by atoms with Gasteiger partial charge in [0.05, 0.1) is 26.4 Å². The molecule has 2 fully saturated rings. The van der Waals surface area contributed by atoms with Gasteiger partial charge < -0.3 is 28.7 Å². The van der Waals surface area contributed by atoms with E-state index in [-0.39, 0.29) is 0 Å². The lowest BCUT2D eigenvalue weighted by Gasteiger charge is -2.29. The van der Waals surface area contributed by atoms with Crippen molar-refractivity contribution in [3.8, 4) is 11.5 Å². The molecule has 0 spiro atoms. The van der Waals surface area contributed by atoms with Crippen molar-refractivity contribution >= 4 is 34.4 Å². The Bertz CT molecular complexity index is 852. The number of benzene rings is 2. The number of morpholine rings is 2. The van der Waals surface area contributed by atoms with Crippen LogP contribution in [-0.4, -0.2) is 85.6 Å². The molecular weight excluding hydrogens is 444 g/mol. The Morgan fingerprint density at radius 2 is 1.09 bits per heavy atom. The van der Waals surface area contributed by atoms with Crippen LogP contribution in [0, 0.1) is 0 Å². The number of hydrogen-bond donors (Lipinski definition) is 0. The van der Waals surface area contributed by atoms with Gasteiger partial charge in [-0.3, -0.25) is 0 Å². The molecule has 0 amide bonds. The highest BCUT2D eigenvalue weighted by Crippen LogP contribution is 2.18. The van der Waals surface area contributed by atoms with E-state index in [0.29, 0.717) is 39.6 Å². The monoisotopic (exact) mass is 472 g/mol. The normalized spacial score (nSPS) is 16.5. The van der Waals surface area contributed by atoms with E-state index in [2.05, 4.69) is 9.80 Å². The second-order valence-electron chi connectivity index (χ2n) is 7.56. The van der Waals surface area contributed by atoms with Crippen LogP contribution in [0.5, 0.6) is 11.5 Å². The van der Waals surface area contributed by atoms with Gasteiger partial charge in [0.1, 0.15) is 34.7 Å². The van der Waals surface area contributed by atoms with Crippen molar-refractivity contribution in [1.82, 2.24) is 9.80 Å². The summed E-state index contributed by atoms with van der Waals surface area (Å²) in [5.41, 5.74) is 1.98. The van der Waals surface area contributed by atoms with E-state index in [1.165, 1.54) is 0 Å². The van der Waals surface area contributed by atoms with Gasteiger partial charge in [-0.1, -0.05) is 48.7 Å². The third-order valence-electron chi connectivity index (χ3n) is 5.38.